The number of ether oxygens (including phenoxy) is 3. The number of esters is 2. The third-order valence-electron chi connectivity index (χ3n) is 12.7. The van der Waals surface area contributed by atoms with Gasteiger partial charge in [-0.05, 0) is 105 Å². The standard InChI is InChI=1S/C19H35NO2.C18H26O3.C14H12N2.C6H10O4/c1-3-20(4-2)15-16-22-18(21)19(13-9-6-10-14-19)17-11-7-5-8-12-17;1-4-6-7-15(5-2)14-21-18(19)13-10-16-8-11-17(20-3)12-9-16;1-3-7-13(8-4-1)11-15-16-12-14-9-5-2-6-10-14;7-5(8)3-1-2-4-6(9)10/h17H,3-16H2,1-2H3;8-13,15H,4-7,14H2,1-3H3;1-12H;1-4H2,(H,7,8)(H,9,10)/b;13-10+;15-11+,16-12+;. The first-order chi connectivity index (χ1) is 33.5. The molecule has 380 valence electrons. The molecule has 2 fully saturated rings. The van der Waals surface area contributed by atoms with Crippen LogP contribution in [-0.2, 0) is 28.7 Å². The molecule has 0 saturated heterocycles. The number of carboxylic acids is 2. The molecule has 0 radical (unpaired) electrons. The highest BCUT2D eigenvalue weighted by Gasteiger charge is 2.47. The van der Waals surface area contributed by atoms with E-state index in [4.69, 9.17) is 24.4 Å². The van der Waals surface area contributed by atoms with Gasteiger partial charge in [-0.15, -0.1) is 0 Å². The van der Waals surface area contributed by atoms with Gasteiger partial charge in [-0.2, -0.15) is 10.2 Å². The first kappa shape index (κ1) is 59.5. The molecule has 5 rings (SSSR count). The van der Waals surface area contributed by atoms with Crippen LogP contribution in [0.3, 0.4) is 0 Å². The van der Waals surface area contributed by atoms with Crippen molar-refractivity contribution in [2.75, 3.05) is 40.0 Å². The summed E-state index contributed by atoms with van der Waals surface area (Å²) in [7, 11) is 1.63. The van der Waals surface area contributed by atoms with Crippen LogP contribution in [-0.4, -0.2) is 91.4 Å². The summed E-state index contributed by atoms with van der Waals surface area (Å²) >= 11 is 0. The van der Waals surface area contributed by atoms with Gasteiger partial charge in [0.25, 0.3) is 0 Å². The molecular weight excluding hydrogens is 871 g/mol. The summed E-state index contributed by atoms with van der Waals surface area (Å²) in [4.78, 5) is 46.8. The summed E-state index contributed by atoms with van der Waals surface area (Å²) in [5.41, 5.74) is 2.91. The number of hydrogen-bond donors (Lipinski definition) is 2. The van der Waals surface area contributed by atoms with Gasteiger partial charge in [0.2, 0.25) is 0 Å². The van der Waals surface area contributed by atoms with Crippen molar-refractivity contribution in [2.24, 2.45) is 27.5 Å². The lowest BCUT2D eigenvalue weighted by Crippen LogP contribution is -2.43. The fourth-order valence-electron chi connectivity index (χ4n) is 8.42. The van der Waals surface area contributed by atoms with Crippen LogP contribution in [0.1, 0.15) is 160 Å². The highest BCUT2D eigenvalue weighted by atomic mass is 16.5. The molecule has 2 saturated carbocycles. The van der Waals surface area contributed by atoms with E-state index >= 15 is 0 Å². The minimum Gasteiger partial charge on any atom is -0.497 e. The molecule has 1 unspecified atom stereocenters. The number of nitrogens with zero attached hydrogens (tertiary/aromatic N) is 3. The lowest BCUT2D eigenvalue weighted by atomic mass is 9.62. The molecule has 0 amide bonds. The fourth-order valence-corrected chi connectivity index (χ4v) is 8.42. The van der Waals surface area contributed by atoms with E-state index in [1.807, 2.05) is 84.9 Å². The first-order valence-corrected chi connectivity index (χ1v) is 25.5. The number of likely N-dealkylation sites (N-methyl/N-ethyl adjacent to an activating group) is 1. The van der Waals surface area contributed by atoms with E-state index < -0.39 is 11.9 Å². The zero-order chi connectivity index (χ0) is 50.4. The first-order valence-electron chi connectivity index (χ1n) is 25.5. The Morgan fingerprint density at radius 2 is 1.23 bits per heavy atom. The second-order valence-electron chi connectivity index (χ2n) is 17.7. The minimum absolute atomic E-state index is 0.0628. The molecule has 2 aliphatic carbocycles. The Morgan fingerprint density at radius 3 is 1.71 bits per heavy atom. The van der Waals surface area contributed by atoms with Crippen molar-refractivity contribution in [3.8, 4) is 5.75 Å². The summed E-state index contributed by atoms with van der Waals surface area (Å²) < 4.78 is 16.2. The maximum Gasteiger partial charge on any atom is 0.330 e. The predicted molar refractivity (Wildman–Crippen MR) is 279 cm³/mol. The summed E-state index contributed by atoms with van der Waals surface area (Å²) in [6.07, 6.45) is 24.6. The number of hydrogen-bond acceptors (Lipinski definition) is 10. The van der Waals surface area contributed by atoms with Gasteiger partial charge in [-0.1, -0.05) is 158 Å². The third-order valence-corrected chi connectivity index (χ3v) is 12.7. The molecule has 0 aliphatic heterocycles. The van der Waals surface area contributed by atoms with Gasteiger partial charge in [-0.3, -0.25) is 14.4 Å². The summed E-state index contributed by atoms with van der Waals surface area (Å²) in [5.74, 6) is -0.0231. The largest absolute Gasteiger partial charge is 0.497 e. The highest BCUT2D eigenvalue weighted by Crippen LogP contribution is 2.49. The zero-order valence-corrected chi connectivity index (χ0v) is 42.4. The van der Waals surface area contributed by atoms with Crippen molar-refractivity contribution < 1.29 is 43.6 Å². The molecule has 0 bridgehead atoms. The van der Waals surface area contributed by atoms with Crippen LogP contribution in [0, 0.1) is 17.3 Å². The molecule has 2 aliphatic rings. The Hall–Kier alpha value is -5.62. The topological polar surface area (TPSA) is 164 Å². The quantitative estimate of drug-likeness (QED) is 0.0290. The Kier molecular flexibility index (Phi) is 32.2. The van der Waals surface area contributed by atoms with Gasteiger partial charge >= 0.3 is 23.9 Å². The Balaban J connectivity index is 0.000000327. The second-order valence-corrected chi connectivity index (χ2v) is 17.7. The average Bonchev–Trinajstić information content (AvgIpc) is 3.39. The van der Waals surface area contributed by atoms with Crippen molar-refractivity contribution in [3.05, 3.63) is 108 Å². The number of aliphatic carboxylic acids is 2. The molecule has 3 aromatic rings. The molecule has 0 spiro atoms. The van der Waals surface area contributed by atoms with Gasteiger partial charge in [0.05, 0.1) is 31.6 Å². The average molecular weight is 954 g/mol. The summed E-state index contributed by atoms with van der Waals surface area (Å²) in [6.45, 7) is 12.7. The van der Waals surface area contributed by atoms with E-state index in [2.05, 4.69) is 42.8 Å². The van der Waals surface area contributed by atoms with Crippen molar-refractivity contribution >= 4 is 42.4 Å². The molecule has 3 aromatic carbocycles. The highest BCUT2D eigenvalue weighted by molar-refractivity contribution is 5.87. The van der Waals surface area contributed by atoms with Crippen LogP contribution in [0.15, 0.2) is 101 Å². The van der Waals surface area contributed by atoms with Crippen LogP contribution in [0.5, 0.6) is 5.75 Å². The zero-order valence-electron chi connectivity index (χ0n) is 42.4. The number of unbranched alkanes of at least 4 members (excludes halogenated alkanes) is 2. The maximum absolute atomic E-state index is 12.9. The predicted octanol–water partition coefficient (Wildman–Crippen LogP) is 12.7. The third kappa shape index (κ3) is 26.6. The SMILES string of the molecule is C(=N\N=C\c1ccccc1)/c1ccccc1.CCCCC(CC)COC(=O)/C=C/c1ccc(OC)cc1.CCN(CC)CCOC(=O)C1(C2CCCCC2)CCCCC1.O=C(O)CCCCC(=O)O. The lowest BCUT2D eigenvalue weighted by Gasteiger charge is -2.43. The Morgan fingerprint density at radius 1 is 0.696 bits per heavy atom. The van der Waals surface area contributed by atoms with E-state index in [1.54, 1.807) is 25.6 Å². The van der Waals surface area contributed by atoms with Crippen molar-refractivity contribution in [3.63, 3.8) is 0 Å². The molecular formula is C57H83N3O9. The van der Waals surface area contributed by atoms with E-state index in [1.165, 1.54) is 70.3 Å². The summed E-state index contributed by atoms with van der Waals surface area (Å²) in [5, 5.41) is 24.2. The molecule has 69 heavy (non-hydrogen) atoms. The van der Waals surface area contributed by atoms with Gasteiger partial charge in [-0.25, -0.2) is 4.79 Å². The van der Waals surface area contributed by atoms with Crippen LogP contribution in [0.25, 0.3) is 6.08 Å². The van der Waals surface area contributed by atoms with Crippen molar-refractivity contribution in [1.82, 2.24) is 4.90 Å². The number of methoxy groups -OCH3 is 1. The van der Waals surface area contributed by atoms with Crippen LogP contribution < -0.4 is 4.74 Å². The lowest BCUT2D eigenvalue weighted by molar-refractivity contribution is -0.164. The van der Waals surface area contributed by atoms with Gasteiger partial charge in [0, 0.05) is 25.5 Å². The summed E-state index contributed by atoms with van der Waals surface area (Å²) in [6, 6.07) is 27.3. The van der Waals surface area contributed by atoms with E-state index in [9.17, 15) is 19.2 Å². The number of rotatable bonds is 24. The van der Waals surface area contributed by atoms with E-state index in [0.29, 0.717) is 37.9 Å². The molecule has 0 heterocycles. The van der Waals surface area contributed by atoms with Crippen molar-refractivity contribution in [1.29, 1.82) is 0 Å². The normalized spacial score (nSPS) is 14.9. The van der Waals surface area contributed by atoms with Crippen LogP contribution >= 0.6 is 0 Å². The van der Waals surface area contributed by atoms with Gasteiger partial charge < -0.3 is 29.3 Å². The van der Waals surface area contributed by atoms with Crippen LogP contribution in [0.4, 0.5) is 0 Å². The molecule has 2 N–H and O–H groups in total. The minimum atomic E-state index is -0.870. The smallest absolute Gasteiger partial charge is 0.330 e. The molecule has 1 atom stereocenters. The number of carboxylic acid groups (broad SMARTS) is 2. The fraction of sp³-hybridized carbons (Fsp3) is 0.544. The second kappa shape index (κ2) is 37.3. The van der Waals surface area contributed by atoms with E-state index in [-0.39, 0.29) is 30.2 Å². The molecule has 12 heteroatoms. The Labute approximate surface area is 413 Å². The van der Waals surface area contributed by atoms with Gasteiger partial charge in [0.15, 0.2) is 0 Å². The van der Waals surface area contributed by atoms with Crippen LogP contribution in [0.2, 0.25) is 0 Å². The number of benzene rings is 3. The van der Waals surface area contributed by atoms with Crippen molar-refractivity contribution in [2.45, 2.75) is 143 Å². The Bertz CT molecular complexity index is 1840. The van der Waals surface area contributed by atoms with Gasteiger partial charge in [0.1, 0.15) is 12.4 Å². The molecule has 12 nitrogen and oxygen atoms in total. The van der Waals surface area contributed by atoms with E-state index in [0.717, 1.165) is 67.8 Å². The number of carbonyl (C=O) groups excluding carboxylic acids is 2. The number of carbonyl (C=O) groups is 4. The molecule has 0 aromatic heterocycles. The monoisotopic (exact) mass is 954 g/mol. The maximum atomic E-state index is 12.9.